The summed E-state index contributed by atoms with van der Waals surface area (Å²) in [6, 6.07) is 6.57. The Hall–Kier alpha value is -1.68. The van der Waals surface area contributed by atoms with E-state index in [0.29, 0.717) is 5.56 Å². The van der Waals surface area contributed by atoms with Crippen molar-refractivity contribution in [3.8, 4) is 0 Å². The maximum Gasteiger partial charge on any atom is 0.128 e. The van der Waals surface area contributed by atoms with Crippen LogP contribution >= 0.6 is 0 Å². The molecule has 1 heterocycles. The molecule has 0 saturated heterocycles. The first kappa shape index (κ1) is 11.8. The first-order chi connectivity index (χ1) is 8.05. The van der Waals surface area contributed by atoms with Crippen LogP contribution in [0, 0.1) is 5.82 Å². The lowest BCUT2D eigenvalue weighted by atomic mass is 9.87. The zero-order valence-corrected chi connectivity index (χ0v) is 10.0. The van der Waals surface area contributed by atoms with Crippen molar-refractivity contribution in [1.29, 1.82) is 0 Å². The molecule has 0 aliphatic heterocycles. The number of rotatable bonds is 3. The van der Waals surface area contributed by atoms with E-state index in [1.165, 1.54) is 6.07 Å². The molecule has 4 heteroatoms. The van der Waals surface area contributed by atoms with E-state index in [2.05, 4.69) is 5.10 Å². The average Bonchev–Trinajstić information content (AvgIpc) is 2.78. The first-order valence-corrected chi connectivity index (χ1v) is 5.62. The normalized spacial score (nSPS) is 14.6. The average molecular weight is 233 g/mol. The Morgan fingerprint density at radius 3 is 2.71 bits per heavy atom. The minimum atomic E-state index is -0.862. The quantitative estimate of drug-likeness (QED) is 0.883. The molecule has 17 heavy (non-hydrogen) atoms. The summed E-state index contributed by atoms with van der Waals surface area (Å²) in [6.45, 7) is 4.56. The molecule has 0 aliphatic rings. The summed E-state index contributed by atoms with van der Waals surface area (Å²) in [5.41, 5.74) is 6.66. The van der Waals surface area contributed by atoms with Crippen LogP contribution in [0.3, 0.4) is 0 Å². The van der Waals surface area contributed by atoms with Gasteiger partial charge in [0.05, 0.1) is 11.7 Å². The number of halogens is 1. The summed E-state index contributed by atoms with van der Waals surface area (Å²) in [6.07, 6.45) is 3.54. The highest BCUT2D eigenvalue weighted by Gasteiger charge is 2.27. The van der Waals surface area contributed by atoms with Gasteiger partial charge in [-0.2, -0.15) is 5.10 Å². The summed E-state index contributed by atoms with van der Waals surface area (Å²) in [5, 5.41) is 4.17. The fourth-order valence-corrected chi connectivity index (χ4v) is 1.84. The Morgan fingerprint density at radius 2 is 2.12 bits per heavy atom. The van der Waals surface area contributed by atoms with Crippen molar-refractivity contribution in [3.05, 3.63) is 53.6 Å². The summed E-state index contributed by atoms with van der Waals surface area (Å²) < 4.78 is 15.5. The van der Waals surface area contributed by atoms with Gasteiger partial charge in [-0.05, 0) is 19.9 Å². The highest BCUT2D eigenvalue weighted by atomic mass is 19.1. The Bertz CT molecular complexity index is 517. The van der Waals surface area contributed by atoms with Gasteiger partial charge in [0.2, 0.25) is 0 Å². The van der Waals surface area contributed by atoms with Crippen LogP contribution in [0.2, 0.25) is 0 Å². The number of nitrogens with zero attached hydrogens (tertiary/aromatic N) is 2. The van der Waals surface area contributed by atoms with Gasteiger partial charge >= 0.3 is 0 Å². The lowest BCUT2D eigenvalue weighted by Gasteiger charge is -2.24. The Kier molecular flexibility index (Phi) is 2.98. The summed E-state index contributed by atoms with van der Waals surface area (Å²) in [5.74, 6) is -0.290. The number of nitrogens with two attached hydrogens (primary N) is 1. The lowest BCUT2D eigenvalue weighted by molar-refractivity contribution is 0.530. The minimum absolute atomic E-state index is 0.290. The number of aryl methyl sites for hydroxylation is 1. The van der Waals surface area contributed by atoms with Crippen LogP contribution in [0.4, 0.5) is 4.39 Å². The molecule has 0 bridgehead atoms. The van der Waals surface area contributed by atoms with Crippen LogP contribution < -0.4 is 5.73 Å². The van der Waals surface area contributed by atoms with Crippen molar-refractivity contribution in [2.24, 2.45) is 5.73 Å². The third-order valence-corrected chi connectivity index (χ3v) is 2.99. The smallest absolute Gasteiger partial charge is 0.128 e. The van der Waals surface area contributed by atoms with Crippen LogP contribution in [0.25, 0.3) is 0 Å². The maximum absolute atomic E-state index is 13.8. The van der Waals surface area contributed by atoms with E-state index < -0.39 is 5.54 Å². The van der Waals surface area contributed by atoms with Gasteiger partial charge in [-0.1, -0.05) is 18.2 Å². The second-order valence-corrected chi connectivity index (χ2v) is 4.27. The van der Waals surface area contributed by atoms with Crippen molar-refractivity contribution in [2.75, 3.05) is 0 Å². The zero-order valence-electron chi connectivity index (χ0n) is 10.0. The molecule has 90 valence electrons. The number of benzene rings is 1. The monoisotopic (exact) mass is 233 g/mol. The number of hydrogen-bond acceptors (Lipinski definition) is 2. The fraction of sp³-hybridized carbons (Fsp3) is 0.308. The molecular formula is C13H16FN3. The topological polar surface area (TPSA) is 43.8 Å². The summed E-state index contributed by atoms with van der Waals surface area (Å²) >= 11 is 0. The molecule has 0 saturated carbocycles. The van der Waals surface area contributed by atoms with E-state index in [1.54, 1.807) is 36.0 Å². The second kappa shape index (κ2) is 4.30. The molecule has 1 atom stereocenters. The van der Waals surface area contributed by atoms with Crippen LogP contribution in [-0.2, 0) is 12.1 Å². The van der Waals surface area contributed by atoms with Crippen molar-refractivity contribution < 1.29 is 4.39 Å². The molecule has 0 radical (unpaired) electrons. The van der Waals surface area contributed by atoms with Gasteiger partial charge in [0.25, 0.3) is 0 Å². The van der Waals surface area contributed by atoms with E-state index in [0.717, 1.165) is 12.1 Å². The first-order valence-electron chi connectivity index (χ1n) is 5.62. The van der Waals surface area contributed by atoms with Crippen LogP contribution in [0.15, 0.2) is 36.7 Å². The predicted molar refractivity (Wildman–Crippen MR) is 64.9 cm³/mol. The Labute approximate surface area is 100 Å². The van der Waals surface area contributed by atoms with Crippen LogP contribution in [0.1, 0.15) is 25.0 Å². The number of hydrogen-bond donors (Lipinski definition) is 1. The molecule has 0 aliphatic carbocycles. The highest BCUT2D eigenvalue weighted by Crippen LogP contribution is 2.27. The molecule has 2 N–H and O–H groups in total. The Balaban J connectivity index is 2.45. The van der Waals surface area contributed by atoms with Crippen molar-refractivity contribution >= 4 is 0 Å². The summed E-state index contributed by atoms with van der Waals surface area (Å²) in [4.78, 5) is 0. The molecule has 2 aromatic rings. The summed E-state index contributed by atoms with van der Waals surface area (Å²) in [7, 11) is 0. The van der Waals surface area contributed by atoms with Gasteiger partial charge < -0.3 is 5.73 Å². The maximum atomic E-state index is 13.8. The van der Waals surface area contributed by atoms with Gasteiger partial charge in [0.1, 0.15) is 5.82 Å². The van der Waals surface area contributed by atoms with Gasteiger partial charge in [0.15, 0.2) is 0 Å². The third kappa shape index (κ3) is 2.08. The van der Waals surface area contributed by atoms with Crippen molar-refractivity contribution in [1.82, 2.24) is 9.78 Å². The van der Waals surface area contributed by atoms with E-state index in [1.807, 2.05) is 13.1 Å². The van der Waals surface area contributed by atoms with Crippen LogP contribution in [-0.4, -0.2) is 9.78 Å². The largest absolute Gasteiger partial charge is 0.318 e. The standard InChI is InChI=1S/C13H16FN3/c1-3-17-9-10(8-16-17)13(2,15)11-6-4-5-7-12(11)14/h4-9H,3,15H2,1-2H3. The Morgan fingerprint density at radius 1 is 1.41 bits per heavy atom. The van der Waals surface area contributed by atoms with E-state index >= 15 is 0 Å². The molecule has 2 rings (SSSR count). The van der Waals surface area contributed by atoms with Gasteiger partial charge in [-0.25, -0.2) is 4.39 Å². The van der Waals surface area contributed by atoms with E-state index in [9.17, 15) is 4.39 Å². The van der Waals surface area contributed by atoms with Gasteiger partial charge in [-0.15, -0.1) is 0 Å². The van der Waals surface area contributed by atoms with E-state index in [4.69, 9.17) is 5.73 Å². The third-order valence-electron chi connectivity index (χ3n) is 2.99. The molecule has 0 amide bonds. The molecule has 1 aromatic carbocycles. The fourth-order valence-electron chi connectivity index (χ4n) is 1.84. The molecular weight excluding hydrogens is 217 g/mol. The van der Waals surface area contributed by atoms with Gasteiger partial charge in [0, 0.05) is 23.9 Å². The van der Waals surface area contributed by atoms with E-state index in [-0.39, 0.29) is 5.82 Å². The number of aromatic nitrogens is 2. The second-order valence-electron chi connectivity index (χ2n) is 4.27. The van der Waals surface area contributed by atoms with Gasteiger partial charge in [-0.3, -0.25) is 4.68 Å². The van der Waals surface area contributed by atoms with Crippen molar-refractivity contribution in [2.45, 2.75) is 25.9 Å². The molecule has 1 unspecified atom stereocenters. The molecule has 1 aromatic heterocycles. The van der Waals surface area contributed by atoms with Crippen LogP contribution in [0.5, 0.6) is 0 Å². The lowest BCUT2D eigenvalue weighted by Crippen LogP contribution is -2.35. The highest BCUT2D eigenvalue weighted by molar-refractivity contribution is 5.35. The zero-order chi connectivity index (χ0) is 12.5. The SMILES string of the molecule is CCn1cc(C(C)(N)c2ccccc2F)cn1. The molecule has 3 nitrogen and oxygen atoms in total. The molecule has 0 spiro atoms. The minimum Gasteiger partial charge on any atom is -0.318 e. The predicted octanol–water partition coefficient (Wildman–Crippen LogP) is 2.26. The molecule has 0 fully saturated rings. The van der Waals surface area contributed by atoms with Crippen molar-refractivity contribution in [3.63, 3.8) is 0 Å².